The van der Waals surface area contributed by atoms with Gasteiger partial charge in [0.2, 0.25) is 18.2 Å². The fourth-order valence-corrected chi connectivity index (χ4v) is 3.03. The molecule has 1 atom stereocenters. The topological polar surface area (TPSA) is 154 Å². The lowest BCUT2D eigenvalue weighted by Gasteiger charge is -2.31. The van der Waals surface area contributed by atoms with Gasteiger partial charge in [-0.05, 0) is 41.0 Å². The summed E-state index contributed by atoms with van der Waals surface area (Å²) in [5.41, 5.74) is -6.60. The maximum atomic E-state index is 13.3. The molecule has 168 valence electrons. The summed E-state index contributed by atoms with van der Waals surface area (Å²) in [6.45, 7) is 8.44. The molecule has 0 spiro atoms. The Kier molecular flexibility index (Phi) is 7.90. The number of aliphatic imine (C=N–C) groups is 3. The third-order valence-electron chi connectivity index (χ3n) is 5.07. The highest BCUT2D eigenvalue weighted by Crippen LogP contribution is 2.17. The molecule has 12 nitrogen and oxygen atoms in total. The first-order valence-electron chi connectivity index (χ1n) is 9.48. The van der Waals surface area contributed by atoms with E-state index in [0.717, 1.165) is 13.7 Å². The zero-order chi connectivity index (χ0) is 24.0. The predicted octanol–water partition coefficient (Wildman–Crippen LogP) is -0.182. The summed E-state index contributed by atoms with van der Waals surface area (Å²) in [6.07, 6.45) is 4.46. The molecule has 0 aliphatic rings. The Morgan fingerprint density at radius 1 is 0.742 bits per heavy atom. The molecule has 0 saturated heterocycles. The van der Waals surface area contributed by atoms with Crippen LogP contribution >= 0.6 is 0 Å². The van der Waals surface area contributed by atoms with E-state index in [1.54, 1.807) is 13.8 Å². The van der Waals surface area contributed by atoms with Gasteiger partial charge in [0.15, 0.2) is 0 Å². The molecule has 1 aromatic rings. The molecule has 1 unspecified atom stereocenters. The van der Waals surface area contributed by atoms with Crippen LogP contribution in [0.1, 0.15) is 48.0 Å². The molecule has 31 heavy (non-hydrogen) atoms. The molecule has 0 bridgehead atoms. The van der Waals surface area contributed by atoms with E-state index in [1.165, 1.54) is 45.9 Å². The fraction of sp³-hybridized carbons (Fsp3) is 0.684. The van der Waals surface area contributed by atoms with Crippen molar-refractivity contribution in [2.24, 2.45) is 15.0 Å². The van der Waals surface area contributed by atoms with E-state index in [-0.39, 0.29) is 19.6 Å². The summed E-state index contributed by atoms with van der Waals surface area (Å²) in [6, 6.07) is 0. The van der Waals surface area contributed by atoms with E-state index in [2.05, 4.69) is 15.0 Å². The van der Waals surface area contributed by atoms with Crippen molar-refractivity contribution in [1.82, 2.24) is 13.7 Å². The molecule has 12 heteroatoms. The van der Waals surface area contributed by atoms with Gasteiger partial charge in [0.1, 0.15) is 0 Å². The second-order valence-corrected chi connectivity index (χ2v) is 8.60. The zero-order valence-corrected chi connectivity index (χ0v) is 18.5. The normalized spacial score (nSPS) is 13.4. The van der Waals surface area contributed by atoms with E-state index in [1.807, 2.05) is 0 Å². The van der Waals surface area contributed by atoms with Crippen LogP contribution in [-0.2, 0) is 32.0 Å². The minimum atomic E-state index is -1.30. The van der Waals surface area contributed by atoms with Gasteiger partial charge in [-0.2, -0.15) is 4.99 Å². The van der Waals surface area contributed by atoms with Crippen LogP contribution in [0.2, 0.25) is 0 Å². The van der Waals surface area contributed by atoms with Crippen molar-refractivity contribution in [3.63, 3.8) is 0 Å². The highest BCUT2D eigenvalue weighted by atomic mass is 16.2. The lowest BCUT2D eigenvalue weighted by molar-refractivity contribution is 0.243. The Morgan fingerprint density at radius 3 is 1.48 bits per heavy atom. The Balaban J connectivity index is 4.12. The van der Waals surface area contributed by atoms with Crippen LogP contribution in [0.25, 0.3) is 0 Å². The van der Waals surface area contributed by atoms with Crippen molar-refractivity contribution in [3.8, 4) is 0 Å². The molecular formula is C19H26N6O6. The van der Waals surface area contributed by atoms with Crippen LogP contribution in [0.5, 0.6) is 0 Å². The third-order valence-corrected chi connectivity index (χ3v) is 5.07. The number of carbonyl (C=O) groups excluding carboxylic acids is 3. The van der Waals surface area contributed by atoms with Crippen molar-refractivity contribution >= 4 is 18.2 Å². The smallest absolute Gasteiger partial charge is 0.247 e. The molecule has 0 aliphatic carbocycles. The maximum Gasteiger partial charge on any atom is 0.337 e. The first kappa shape index (κ1) is 25.6. The van der Waals surface area contributed by atoms with Gasteiger partial charge in [0, 0.05) is 0 Å². The average Bonchev–Trinajstić information content (AvgIpc) is 2.68. The second-order valence-electron chi connectivity index (χ2n) is 8.60. The lowest BCUT2D eigenvalue weighted by Crippen LogP contribution is -2.64. The summed E-state index contributed by atoms with van der Waals surface area (Å²) in [7, 11) is 0. The molecule has 0 aliphatic heterocycles. The molecule has 0 amide bonds. The molecule has 1 rings (SSSR count). The quantitative estimate of drug-likeness (QED) is 0.367. The van der Waals surface area contributed by atoms with Crippen LogP contribution in [0, 0.1) is 0 Å². The van der Waals surface area contributed by atoms with Gasteiger partial charge in [-0.3, -0.25) is 0 Å². The third kappa shape index (κ3) is 5.38. The number of hydrogen-bond donors (Lipinski definition) is 0. The van der Waals surface area contributed by atoms with Gasteiger partial charge in [-0.1, -0.05) is 6.92 Å². The summed E-state index contributed by atoms with van der Waals surface area (Å²) in [5.74, 6) is 0. The Morgan fingerprint density at radius 2 is 1.16 bits per heavy atom. The first-order valence-corrected chi connectivity index (χ1v) is 9.48. The van der Waals surface area contributed by atoms with Gasteiger partial charge in [0.25, 0.3) is 0 Å². The van der Waals surface area contributed by atoms with Gasteiger partial charge < -0.3 is 0 Å². The Bertz CT molecular complexity index is 1080. The van der Waals surface area contributed by atoms with Crippen molar-refractivity contribution in [1.29, 1.82) is 0 Å². The van der Waals surface area contributed by atoms with E-state index >= 15 is 0 Å². The largest absolute Gasteiger partial charge is 0.337 e. The maximum absolute atomic E-state index is 13.3. The standard InChI is InChI=1S/C19H26N6O6/c1-7-19(6,22-13-28)10-23-14(29)24(17(2,3)8-20-11-26)16(31)25(15(23)30)18(4,5)9-21-12-27/h7-10H2,1-6H3. The van der Waals surface area contributed by atoms with Gasteiger partial charge >= 0.3 is 17.1 Å². The van der Waals surface area contributed by atoms with Crippen molar-refractivity contribution in [2.45, 2.75) is 71.1 Å². The average molecular weight is 434 g/mol. The summed E-state index contributed by atoms with van der Waals surface area (Å²) >= 11 is 0. The summed E-state index contributed by atoms with van der Waals surface area (Å²) in [4.78, 5) is 82.5. The molecule has 0 aromatic carbocycles. The summed E-state index contributed by atoms with van der Waals surface area (Å²) in [5, 5.41) is 0. The number of rotatable bonds is 10. The van der Waals surface area contributed by atoms with Crippen LogP contribution in [-0.4, -0.2) is 50.6 Å². The van der Waals surface area contributed by atoms with Gasteiger partial charge in [-0.15, -0.1) is 0 Å². The number of isocyanates is 3. The van der Waals surface area contributed by atoms with Gasteiger partial charge in [-0.25, -0.2) is 52.5 Å². The van der Waals surface area contributed by atoms with Crippen molar-refractivity contribution < 1.29 is 14.4 Å². The summed E-state index contributed by atoms with van der Waals surface area (Å²) < 4.78 is 2.41. The minimum absolute atomic E-state index is 0.256. The van der Waals surface area contributed by atoms with Crippen LogP contribution < -0.4 is 17.1 Å². The van der Waals surface area contributed by atoms with E-state index in [0.29, 0.717) is 6.42 Å². The lowest BCUT2D eigenvalue weighted by atomic mass is 10.00. The van der Waals surface area contributed by atoms with Crippen molar-refractivity contribution in [3.05, 3.63) is 31.5 Å². The van der Waals surface area contributed by atoms with Gasteiger partial charge in [0.05, 0.1) is 36.3 Å². The molecule has 1 heterocycles. The molecule has 1 aromatic heterocycles. The SMILES string of the molecule is CCC(C)(Cn1c(=O)n(C(C)(C)CN=C=O)c(=O)n(C(C)(C)CN=C=O)c1=O)N=C=O. The predicted molar refractivity (Wildman–Crippen MR) is 111 cm³/mol. The second kappa shape index (κ2) is 9.57. The minimum Gasteiger partial charge on any atom is -0.247 e. The Hall–Kier alpha value is -3.45. The molecular weight excluding hydrogens is 408 g/mol. The number of nitrogens with zero attached hydrogens (tertiary/aromatic N) is 6. The number of hydrogen-bond acceptors (Lipinski definition) is 9. The first-order chi connectivity index (χ1) is 14.3. The van der Waals surface area contributed by atoms with E-state index in [9.17, 15) is 28.8 Å². The molecule has 0 radical (unpaired) electrons. The highest BCUT2D eigenvalue weighted by Gasteiger charge is 2.35. The molecule has 0 saturated carbocycles. The monoisotopic (exact) mass is 434 g/mol. The van der Waals surface area contributed by atoms with E-state index in [4.69, 9.17) is 0 Å². The van der Waals surface area contributed by atoms with Crippen molar-refractivity contribution in [2.75, 3.05) is 13.1 Å². The fourth-order valence-electron chi connectivity index (χ4n) is 3.03. The number of aromatic nitrogens is 3. The molecule has 0 N–H and O–H groups in total. The van der Waals surface area contributed by atoms with E-state index < -0.39 is 33.7 Å². The molecule has 0 fully saturated rings. The highest BCUT2D eigenvalue weighted by molar-refractivity contribution is 5.34. The van der Waals surface area contributed by atoms with Crippen LogP contribution in [0.15, 0.2) is 29.4 Å². The van der Waals surface area contributed by atoms with Crippen LogP contribution in [0.3, 0.4) is 0 Å². The van der Waals surface area contributed by atoms with Crippen LogP contribution in [0.4, 0.5) is 0 Å². The Labute approximate surface area is 177 Å². The zero-order valence-electron chi connectivity index (χ0n) is 18.5.